The normalized spacial score (nSPS) is 13.9. The van der Waals surface area contributed by atoms with Gasteiger partial charge in [0.2, 0.25) is 5.91 Å². The van der Waals surface area contributed by atoms with Gasteiger partial charge < -0.3 is 5.32 Å². The molecule has 0 radical (unpaired) electrons. The van der Waals surface area contributed by atoms with Crippen LogP contribution in [0.2, 0.25) is 0 Å². The Kier molecular flexibility index (Phi) is 4.95. The molecule has 17 heavy (non-hydrogen) atoms. The summed E-state index contributed by atoms with van der Waals surface area (Å²) in [5, 5.41) is 2.98. The minimum Gasteiger partial charge on any atom is -0.350 e. The van der Waals surface area contributed by atoms with Crippen LogP contribution in [-0.4, -0.2) is 11.9 Å². The summed E-state index contributed by atoms with van der Waals surface area (Å²) in [5.74, 6) is 0.0284. The number of carbonyl (C=O) groups is 1. The van der Waals surface area contributed by atoms with Crippen LogP contribution in [0, 0.1) is 0 Å². The van der Waals surface area contributed by atoms with E-state index in [4.69, 9.17) is 0 Å². The first-order chi connectivity index (χ1) is 8.06. The topological polar surface area (TPSA) is 29.1 Å². The summed E-state index contributed by atoms with van der Waals surface area (Å²) in [6.07, 6.45) is 0.948. The summed E-state index contributed by atoms with van der Waals surface area (Å²) in [6.45, 7) is 7.94. The quantitative estimate of drug-likeness (QED) is 0.791. The van der Waals surface area contributed by atoms with E-state index in [1.807, 2.05) is 51.1 Å². The molecule has 1 N–H and O–H groups in total. The number of allylic oxidation sites excluding steroid dienone is 1. The molecule has 0 aliphatic heterocycles. The minimum absolute atomic E-state index is 0.0284. The van der Waals surface area contributed by atoms with E-state index in [9.17, 15) is 4.79 Å². The molecule has 1 amide bonds. The number of benzene rings is 1. The van der Waals surface area contributed by atoms with E-state index in [1.165, 1.54) is 0 Å². The average Bonchev–Trinajstić information content (AvgIpc) is 2.37. The molecule has 1 rings (SSSR count). The van der Waals surface area contributed by atoms with Crippen molar-refractivity contribution in [2.45, 2.75) is 40.2 Å². The maximum absolute atomic E-state index is 12.0. The van der Waals surface area contributed by atoms with Gasteiger partial charge in [0.1, 0.15) is 0 Å². The number of carbonyl (C=O) groups excluding carboxylic acids is 1. The Hall–Kier alpha value is -1.57. The van der Waals surface area contributed by atoms with E-state index >= 15 is 0 Å². The molecule has 0 aromatic heterocycles. The highest BCUT2D eigenvalue weighted by molar-refractivity contribution is 6.00. The Morgan fingerprint density at radius 3 is 2.35 bits per heavy atom. The molecule has 0 aliphatic carbocycles. The van der Waals surface area contributed by atoms with E-state index in [1.54, 1.807) is 0 Å². The molecule has 0 saturated carbocycles. The Balaban J connectivity index is 2.86. The summed E-state index contributed by atoms with van der Waals surface area (Å²) in [4.78, 5) is 12.0. The number of rotatable bonds is 4. The van der Waals surface area contributed by atoms with Crippen LogP contribution in [0.4, 0.5) is 0 Å². The fraction of sp³-hybridized carbons (Fsp3) is 0.400. The monoisotopic (exact) mass is 231 g/mol. The van der Waals surface area contributed by atoms with Crippen LogP contribution < -0.4 is 5.32 Å². The second kappa shape index (κ2) is 6.24. The minimum atomic E-state index is 0.0284. The second-order valence-corrected chi connectivity index (χ2v) is 4.40. The third-order valence-corrected chi connectivity index (χ3v) is 3.10. The van der Waals surface area contributed by atoms with Gasteiger partial charge >= 0.3 is 0 Å². The summed E-state index contributed by atoms with van der Waals surface area (Å²) >= 11 is 0. The van der Waals surface area contributed by atoms with E-state index in [0.29, 0.717) is 0 Å². The molecule has 1 atom stereocenters. The third-order valence-electron chi connectivity index (χ3n) is 3.10. The van der Waals surface area contributed by atoms with Crippen molar-refractivity contribution in [1.82, 2.24) is 5.32 Å². The van der Waals surface area contributed by atoms with Gasteiger partial charge in [-0.05, 0) is 38.3 Å². The van der Waals surface area contributed by atoms with E-state index in [2.05, 4.69) is 12.2 Å². The third kappa shape index (κ3) is 3.74. The van der Waals surface area contributed by atoms with Gasteiger partial charge in [-0.15, -0.1) is 0 Å². The smallest absolute Gasteiger partial charge is 0.247 e. The van der Waals surface area contributed by atoms with Gasteiger partial charge in [-0.2, -0.15) is 0 Å². The first-order valence-corrected chi connectivity index (χ1v) is 6.10. The van der Waals surface area contributed by atoms with Crippen LogP contribution in [0.25, 0.3) is 5.57 Å². The van der Waals surface area contributed by atoms with Crippen molar-refractivity contribution >= 4 is 11.5 Å². The molecule has 0 saturated heterocycles. The van der Waals surface area contributed by atoms with Gasteiger partial charge in [-0.3, -0.25) is 4.79 Å². The van der Waals surface area contributed by atoms with Crippen molar-refractivity contribution in [3.05, 3.63) is 41.5 Å². The lowest BCUT2D eigenvalue weighted by atomic mass is 10.0. The molecule has 0 spiro atoms. The van der Waals surface area contributed by atoms with E-state index in [-0.39, 0.29) is 11.9 Å². The first-order valence-electron chi connectivity index (χ1n) is 6.10. The highest BCUT2D eigenvalue weighted by atomic mass is 16.1. The lowest BCUT2D eigenvalue weighted by Gasteiger charge is -2.13. The Labute approximate surface area is 104 Å². The standard InChI is InChI=1S/C15H21NO/c1-5-11(2)16-15(17)13(4)12(3)14-9-7-6-8-10-14/h6-11H,5H2,1-4H3,(H,16,17)/b13-12-/t11-/m0/s1. The van der Waals surface area contributed by atoms with Crippen LogP contribution >= 0.6 is 0 Å². The average molecular weight is 231 g/mol. The molecular weight excluding hydrogens is 210 g/mol. The fourth-order valence-corrected chi connectivity index (χ4v) is 1.51. The zero-order chi connectivity index (χ0) is 12.8. The van der Waals surface area contributed by atoms with Gasteiger partial charge in [-0.25, -0.2) is 0 Å². The van der Waals surface area contributed by atoms with Crippen molar-refractivity contribution in [2.75, 3.05) is 0 Å². The van der Waals surface area contributed by atoms with Crippen LogP contribution in [0.1, 0.15) is 39.7 Å². The van der Waals surface area contributed by atoms with Gasteiger partial charge in [0, 0.05) is 11.6 Å². The van der Waals surface area contributed by atoms with Crippen LogP contribution in [0.3, 0.4) is 0 Å². The summed E-state index contributed by atoms with van der Waals surface area (Å²) in [5.41, 5.74) is 2.92. The zero-order valence-corrected chi connectivity index (χ0v) is 11.1. The molecule has 0 fully saturated rings. The van der Waals surface area contributed by atoms with Gasteiger partial charge in [0.25, 0.3) is 0 Å². The summed E-state index contributed by atoms with van der Waals surface area (Å²) in [6, 6.07) is 10.2. The van der Waals surface area contributed by atoms with Gasteiger partial charge in [0.05, 0.1) is 0 Å². The Morgan fingerprint density at radius 2 is 1.82 bits per heavy atom. The molecule has 0 heterocycles. The predicted molar refractivity (Wildman–Crippen MR) is 72.6 cm³/mol. The molecule has 92 valence electrons. The second-order valence-electron chi connectivity index (χ2n) is 4.40. The molecule has 2 heteroatoms. The summed E-state index contributed by atoms with van der Waals surface area (Å²) < 4.78 is 0. The molecule has 0 bridgehead atoms. The maximum Gasteiger partial charge on any atom is 0.247 e. The molecule has 1 aromatic carbocycles. The number of amides is 1. The molecule has 2 nitrogen and oxygen atoms in total. The highest BCUT2D eigenvalue weighted by Gasteiger charge is 2.10. The van der Waals surface area contributed by atoms with Crippen LogP contribution in [0.15, 0.2) is 35.9 Å². The van der Waals surface area contributed by atoms with Gasteiger partial charge in [0.15, 0.2) is 0 Å². The van der Waals surface area contributed by atoms with Crippen LogP contribution in [0.5, 0.6) is 0 Å². The lowest BCUT2D eigenvalue weighted by Crippen LogP contribution is -2.32. The number of nitrogens with one attached hydrogen (secondary N) is 1. The molecule has 0 aliphatic rings. The van der Waals surface area contributed by atoms with Crippen molar-refractivity contribution in [3.8, 4) is 0 Å². The molecular formula is C15H21NO. The predicted octanol–water partition coefficient (Wildman–Crippen LogP) is 3.39. The van der Waals surface area contributed by atoms with Crippen molar-refractivity contribution in [2.24, 2.45) is 0 Å². The zero-order valence-electron chi connectivity index (χ0n) is 11.1. The first kappa shape index (κ1) is 13.5. The lowest BCUT2D eigenvalue weighted by molar-refractivity contribution is -0.118. The summed E-state index contributed by atoms with van der Waals surface area (Å²) in [7, 11) is 0. The molecule has 1 aromatic rings. The van der Waals surface area contributed by atoms with E-state index < -0.39 is 0 Å². The fourth-order valence-electron chi connectivity index (χ4n) is 1.51. The number of hydrogen-bond donors (Lipinski definition) is 1. The number of hydrogen-bond acceptors (Lipinski definition) is 1. The van der Waals surface area contributed by atoms with Crippen molar-refractivity contribution < 1.29 is 4.79 Å². The Bertz CT molecular complexity index is 406. The largest absolute Gasteiger partial charge is 0.350 e. The highest BCUT2D eigenvalue weighted by Crippen LogP contribution is 2.17. The van der Waals surface area contributed by atoms with E-state index in [0.717, 1.165) is 23.1 Å². The Morgan fingerprint density at radius 1 is 1.24 bits per heavy atom. The van der Waals surface area contributed by atoms with Gasteiger partial charge in [-0.1, -0.05) is 37.3 Å². The van der Waals surface area contributed by atoms with Crippen molar-refractivity contribution in [3.63, 3.8) is 0 Å². The molecule has 0 unspecified atom stereocenters. The SMILES string of the molecule is CC[C@H](C)NC(=O)/C(C)=C(/C)c1ccccc1. The maximum atomic E-state index is 12.0. The van der Waals surface area contributed by atoms with Crippen LogP contribution in [-0.2, 0) is 4.79 Å². The van der Waals surface area contributed by atoms with Crippen molar-refractivity contribution in [1.29, 1.82) is 0 Å².